The van der Waals surface area contributed by atoms with Gasteiger partial charge in [0.2, 0.25) is 0 Å². The first kappa shape index (κ1) is 17.4. The SMILES string of the molecule is CC(C)(C)c1ccc(O[C@H](Cc2cccc(Cl)c2)C(=O)O)cc1. The Kier molecular flexibility index (Phi) is 5.32. The molecule has 4 heteroatoms. The van der Waals surface area contributed by atoms with Crippen molar-refractivity contribution in [1.29, 1.82) is 0 Å². The monoisotopic (exact) mass is 332 g/mol. The van der Waals surface area contributed by atoms with Crippen LogP contribution >= 0.6 is 11.6 Å². The van der Waals surface area contributed by atoms with Crippen molar-refractivity contribution in [3.8, 4) is 5.75 Å². The largest absolute Gasteiger partial charge is 0.478 e. The fraction of sp³-hybridized carbons (Fsp3) is 0.316. The highest BCUT2D eigenvalue weighted by molar-refractivity contribution is 6.30. The van der Waals surface area contributed by atoms with Crippen LogP contribution in [-0.4, -0.2) is 17.2 Å². The third-order valence-electron chi connectivity index (χ3n) is 3.58. The molecule has 2 aromatic carbocycles. The number of hydrogen-bond donors (Lipinski definition) is 1. The number of carbonyl (C=O) groups is 1. The first-order valence-corrected chi connectivity index (χ1v) is 7.88. The van der Waals surface area contributed by atoms with Gasteiger partial charge in [-0.25, -0.2) is 4.79 Å². The van der Waals surface area contributed by atoms with Gasteiger partial charge in [0.1, 0.15) is 5.75 Å². The topological polar surface area (TPSA) is 46.5 Å². The second-order valence-electron chi connectivity index (χ2n) is 6.55. The molecular formula is C19H21ClO3. The van der Waals surface area contributed by atoms with Crippen LogP contribution in [-0.2, 0) is 16.6 Å². The summed E-state index contributed by atoms with van der Waals surface area (Å²) in [7, 11) is 0. The summed E-state index contributed by atoms with van der Waals surface area (Å²) in [5, 5.41) is 9.98. The summed E-state index contributed by atoms with van der Waals surface area (Å²) < 4.78 is 5.64. The van der Waals surface area contributed by atoms with Crippen molar-refractivity contribution in [2.24, 2.45) is 0 Å². The second-order valence-corrected chi connectivity index (χ2v) is 6.99. The van der Waals surface area contributed by atoms with Crippen molar-refractivity contribution < 1.29 is 14.6 Å². The van der Waals surface area contributed by atoms with E-state index in [0.29, 0.717) is 10.8 Å². The van der Waals surface area contributed by atoms with E-state index in [2.05, 4.69) is 20.8 Å². The Labute approximate surface area is 141 Å². The molecule has 2 aromatic rings. The van der Waals surface area contributed by atoms with Crippen LogP contribution in [0.5, 0.6) is 5.75 Å². The molecule has 0 aliphatic rings. The lowest BCUT2D eigenvalue weighted by molar-refractivity contribution is -0.145. The van der Waals surface area contributed by atoms with E-state index < -0.39 is 12.1 Å². The summed E-state index contributed by atoms with van der Waals surface area (Å²) in [6.45, 7) is 6.38. The highest BCUT2D eigenvalue weighted by Crippen LogP contribution is 2.25. The van der Waals surface area contributed by atoms with Crippen molar-refractivity contribution in [1.82, 2.24) is 0 Å². The van der Waals surface area contributed by atoms with Gasteiger partial charge in [-0.05, 0) is 40.8 Å². The maximum absolute atomic E-state index is 11.5. The van der Waals surface area contributed by atoms with Crippen LogP contribution in [0.15, 0.2) is 48.5 Å². The van der Waals surface area contributed by atoms with Crippen molar-refractivity contribution in [3.05, 3.63) is 64.7 Å². The average Bonchev–Trinajstić information content (AvgIpc) is 2.46. The molecule has 1 N–H and O–H groups in total. The minimum Gasteiger partial charge on any atom is -0.478 e. The maximum atomic E-state index is 11.5. The number of ether oxygens (including phenoxy) is 1. The molecule has 23 heavy (non-hydrogen) atoms. The van der Waals surface area contributed by atoms with Gasteiger partial charge in [-0.15, -0.1) is 0 Å². The molecule has 2 rings (SSSR count). The van der Waals surface area contributed by atoms with E-state index in [0.717, 1.165) is 5.56 Å². The van der Waals surface area contributed by atoms with Crippen LogP contribution in [0.3, 0.4) is 0 Å². The summed E-state index contributed by atoms with van der Waals surface area (Å²) in [5.41, 5.74) is 2.05. The first-order chi connectivity index (χ1) is 10.8. The summed E-state index contributed by atoms with van der Waals surface area (Å²) in [6, 6.07) is 14.7. The zero-order valence-electron chi connectivity index (χ0n) is 13.5. The molecule has 0 saturated carbocycles. The van der Waals surface area contributed by atoms with Gasteiger partial charge in [0, 0.05) is 11.4 Å². The van der Waals surface area contributed by atoms with Gasteiger partial charge in [-0.3, -0.25) is 0 Å². The van der Waals surface area contributed by atoms with Gasteiger partial charge in [-0.1, -0.05) is 56.6 Å². The smallest absolute Gasteiger partial charge is 0.345 e. The van der Waals surface area contributed by atoms with Crippen LogP contribution in [0.25, 0.3) is 0 Å². The van der Waals surface area contributed by atoms with Gasteiger partial charge in [0.25, 0.3) is 0 Å². The van der Waals surface area contributed by atoms with Crippen molar-refractivity contribution in [3.63, 3.8) is 0 Å². The van der Waals surface area contributed by atoms with Gasteiger partial charge >= 0.3 is 5.97 Å². The van der Waals surface area contributed by atoms with Gasteiger partial charge in [-0.2, -0.15) is 0 Å². The highest BCUT2D eigenvalue weighted by atomic mass is 35.5. The van der Waals surface area contributed by atoms with E-state index in [-0.39, 0.29) is 11.8 Å². The molecule has 0 fully saturated rings. The molecule has 0 radical (unpaired) electrons. The Balaban J connectivity index is 2.12. The summed E-state index contributed by atoms with van der Waals surface area (Å²) in [4.78, 5) is 11.5. The maximum Gasteiger partial charge on any atom is 0.345 e. The Morgan fingerprint density at radius 3 is 2.35 bits per heavy atom. The fourth-order valence-electron chi connectivity index (χ4n) is 2.26. The van der Waals surface area contributed by atoms with Gasteiger partial charge in [0.15, 0.2) is 6.10 Å². The van der Waals surface area contributed by atoms with Crippen LogP contribution in [0.1, 0.15) is 31.9 Å². The van der Waals surface area contributed by atoms with E-state index >= 15 is 0 Å². The Morgan fingerprint density at radius 2 is 1.83 bits per heavy atom. The summed E-state index contributed by atoms with van der Waals surface area (Å²) in [5.74, 6) is -0.447. The highest BCUT2D eigenvalue weighted by Gasteiger charge is 2.21. The number of rotatable bonds is 5. The standard InChI is InChI=1S/C19H21ClO3/c1-19(2,3)14-7-9-16(10-8-14)23-17(18(21)22)12-13-5-4-6-15(20)11-13/h4-11,17H,12H2,1-3H3,(H,21,22)/t17-/m1/s1. The summed E-state index contributed by atoms with van der Waals surface area (Å²) in [6.07, 6.45) is -0.689. The molecule has 0 spiro atoms. The first-order valence-electron chi connectivity index (χ1n) is 7.50. The minimum atomic E-state index is -0.995. The van der Waals surface area contributed by atoms with E-state index in [4.69, 9.17) is 16.3 Å². The lowest BCUT2D eigenvalue weighted by Crippen LogP contribution is -2.29. The van der Waals surface area contributed by atoms with Gasteiger partial charge in [0.05, 0.1) is 0 Å². The zero-order chi connectivity index (χ0) is 17.0. The van der Waals surface area contributed by atoms with E-state index in [1.54, 1.807) is 18.2 Å². The molecular weight excluding hydrogens is 312 g/mol. The lowest BCUT2D eigenvalue weighted by Gasteiger charge is -2.20. The normalized spacial score (nSPS) is 12.7. The van der Waals surface area contributed by atoms with E-state index in [1.165, 1.54) is 5.56 Å². The number of benzene rings is 2. The van der Waals surface area contributed by atoms with Crippen LogP contribution < -0.4 is 4.74 Å². The predicted molar refractivity (Wildman–Crippen MR) is 92.3 cm³/mol. The zero-order valence-corrected chi connectivity index (χ0v) is 14.3. The van der Waals surface area contributed by atoms with Crippen LogP contribution in [0.2, 0.25) is 5.02 Å². The fourth-order valence-corrected chi connectivity index (χ4v) is 2.47. The molecule has 0 amide bonds. The quantitative estimate of drug-likeness (QED) is 0.862. The predicted octanol–water partition coefficient (Wildman–Crippen LogP) is 4.71. The lowest BCUT2D eigenvalue weighted by atomic mass is 9.87. The third-order valence-corrected chi connectivity index (χ3v) is 3.82. The number of carboxylic acid groups (broad SMARTS) is 1. The Bertz CT molecular complexity index is 672. The Morgan fingerprint density at radius 1 is 1.17 bits per heavy atom. The second kappa shape index (κ2) is 7.05. The molecule has 0 bridgehead atoms. The van der Waals surface area contributed by atoms with Crippen molar-refractivity contribution >= 4 is 17.6 Å². The molecule has 1 atom stereocenters. The Hall–Kier alpha value is -2.00. The van der Waals surface area contributed by atoms with E-state index in [1.807, 2.05) is 30.3 Å². The molecule has 0 aliphatic heterocycles. The molecule has 3 nitrogen and oxygen atoms in total. The molecule has 0 saturated heterocycles. The van der Waals surface area contributed by atoms with Crippen molar-refractivity contribution in [2.75, 3.05) is 0 Å². The number of halogens is 1. The van der Waals surface area contributed by atoms with E-state index in [9.17, 15) is 9.90 Å². The molecule has 122 valence electrons. The molecule has 0 heterocycles. The molecule has 0 aromatic heterocycles. The van der Waals surface area contributed by atoms with Crippen LogP contribution in [0.4, 0.5) is 0 Å². The summed E-state index contributed by atoms with van der Waals surface area (Å²) >= 11 is 5.94. The number of aliphatic carboxylic acids is 1. The number of carboxylic acids is 1. The van der Waals surface area contributed by atoms with Gasteiger partial charge < -0.3 is 9.84 Å². The average molecular weight is 333 g/mol. The third kappa shape index (κ3) is 5.00. The minimum absolute atomic E-state index is 0.0471. The molecule has 0 aliphatic carbocycles. The van der Waals surface area contributed by atoms with Crippen molar-refractivity contribution in [2.45, 2.75) is 38.7 Å². The van der Waals surface area contributed by atoms with Crippen LogP contribution in [0, 0.1) is 0 Å². The molecule has 0 unspecified atom stereocenters. The number of hydrogen-bond acceptors (Lipinski definition) is 2.